The van der Waals surface area contributed by atoms with Crippen LogP contribution in [0.3, 0.4) is 0 Å². The van der Waals surface area contributed by atoms with Crippen LogP contribution in [-0.4, -0.2) is 16.1 Å². The molecule has 1 N–H and O–H groups in total. The molecular formula is C15H13NO3. The highest BCUT2D eigenvalue weighted by molar-refractivity contribution is 5.88. The first-order valence-electron chi connectivity index (χ1n) is 5.73. The summed E-state index contributed by atoms with van der Waals surface area (Å²) in [4.78, 5) is 14.7. The van der Waals surface area contributed by atoms with E-state index in [1.54, 1.807) is 18.2 Å². The molecule has 0 saturated heterocycles. The van der Waals surface area contributed by atoms with Crippen LogP contribution in [0.15, 0.2) is 49.2 Å². The van der Waals surface area contributed by atoms with Gasteiger partial charge in [0.2, 0.25) is 0 Å². The van der Waals surface area contributed by atoms with Crippen LogP contribution in [0.25, 0.3) is 6.08 Å². The van der Waals surface area contributed by atoms with Crippen LogP contribution in [0, 0.1) is 0 Å². The average molecular weight is 255 g/mol. The van der Waals surface area contributed by atoms with Crippen molar-refractivity contribution in [1.82, 2.24) is 4.98 Å². The molecule has 0 unspecified atom stereocenters. The van der Waals surface area contributed by atoms with Crippen molar-refractivity contribution < 1.29 is 14.6 Å². The van der Waals surface area contributed by atoms with Crippen LogP contribution in [0.1, 0.15) is 21.6 Å². The number of aromatic carboxylic acids is 1. The highest BCUT2D eigenvalue weighted by Gasteiger charge is 2.11. The third kappa shape index (κ3) is 3.19. The summed E-state index contributed by atoms with van der Waals surface area (Å²) in [6, 6.07) is 10.9. The number of rotatable bonds is 5. The Morgan fingerprint density at radius 3 is 2.68 bits per heavy atom. The lowest BCUT2D eigenvalue weighted by molar-refractivity contribution is 0.0685. The van der Waals surface area contributed by atoms with E-state index >= 15 is 0 Å². The Kier molecular flexibility index (Phi) is 3.93. The summed E-state index contributed by atoms with van der Waals surface area (Å²) >= 11 is 0. The summed E-state index contributed by atoms with van der Waals surface area (Å²) in [5.41, 5.74) is 1.90. The maximum atomic E-state index is 11.0. The number of nitrogens with zero attached hydrogens (tertiary/aromatic N) is 1. The van der Waals surface area contributed by atoms with Gasteiger partial charge in [0.05, 0.1) is 0 Å². The molecule has 0 atom stereocenters. The van der Waals surface area contributed by atoms with E-state index in [9.17, 15) is 4.79 Å². The van der Waals surface area contributed by atoms with Gasteiger partial charge in [-0.25, -0.2) is 9.78 Å². The highest BCUT2D eigenvalue weighted by atomic mass is 16.5. The molecule has 1 aromatic heterocycles. The third-order valence-electron chi connectivity index (χ3n) is 2.58. The summed E-state index contributed by atoms with van der Waals surface area (Å²) in [5, 5.41) is 8.98. The van der Waals surface area contributed by atoms with Crippen LogP contribution in [0.5, 0.6) is 5.75 Å². The summed E-state index contributed by atoms with van der Waals surface area (Å²) < 4.78 is 5.49. The van der Waals surface area contributed by atoms with Gasteiger partial charge in [0, 0.05) is 6.20 Å². The molecule has 96 valence electrons. The standard InChI is InChI=1S/C15H13NO3/c1-2-11-5-7-12(8-6-11)10-19-13-4-3-9-16-14(13)15(17)18/h2-9H,1,10H2,(H,17,18). The molecule has 0 bridgehead atoms. The molecule has 19 heavy (non-hydrogen) atoms. The molecule has 4 nitrogen and oxygen atoms in total. The molecule has 0 fully saturated rings. The monoisotopic (exact) mass is 255 g/mol. The first-order valence-corrected chi connectivity index (χ1v) is 5.73. The van der Waals surface area contributed by atoms with Gasteiger partial charge in [-0.2, -0.15) is 0 Å². The molecular weight excluding hydrogens is 242 g/mol. The Bertz CT molecular complexity index is 591. The van der Waals surface area contributed by atoms with Gasteiger partial charge >= 0.3 is 5.97 Å². The average Bonchev–Trinajstić information content (AvgIpc) is 2.46. The molecule has 0 aliphatic rings. The minimum atomic E-state index is -1.10. The van der Waals surface area contributed by atoms with Crippen LogP contribution in [-0.2, 0) is 6.61 Å². The fourth-order valence-electron chi connectivity index (χ4n) is 1.58. The maximum absolute atomic E-state index is 11.0. The lowest BCUT2D eigenvalue weighted by atomic mass is 10.1. The molecule has 0 aliphatic carbocycles. The van der Waals surface area contributed by atoms with E-state index in [4.69, 9.17) is 9.84 Å². The molecule has 0 aliphatic heterocycles. The van der Waals surface area contributed by atoms with E-state index in [1.165, 1.54) is 6.20 Å². The van der Waals surface area contributed by atoms with E-state index in [0.29, 0.717) is 6.61 Å². The number of benzene rings is 1. The lowest BCUT2D eigenvalue weighted by Gasteiger charge is -2.08. The smallest absolute Gasteiger partial charge is 0.358 e. The van der Waals surface area contributed by atoms with Gasteiger partial charge < -0.3 is 9.84 Å². The number of carbonyl (C=O) groups is 1. The number of aromatic nitrogens is 1. The van der Waals surface area contributed by atoms with Gasteiger partial charge in [0.1, 0.15) is 6.61 Å². The van der Waals surface area contributed by atoms with Crippen LogP contribution in [0.2, 0.25) is 0 Å². The zero-order valence-electron chi connectivity index (χ0n) is 10.2. The normalized spacial score (nSPS) is 9.89. The minimum Gasteiger partial charge on any atom is -0.486 e. The zero-order valence-corrected chi connectivity index (χ0v) is 10.2. The second-order valence-electron chi connectivity index (χ2n) is 3.89. The summed E-state index contributed by atoms with van der Waals surface area (Å²) in [6.07, 6.45) is 3.18. The molecule has 0 radical (unpaired) electrons. The Hall–Kier alpha value is -2.62. The van der Waals surface area contributed by atoms with Crippen molar-refractivity contribution in [2.45, 2.75) is 6.61 Å². The third-order valence-corrected chi connectivity index (χ3v) is 2.58. The lowest BCUT2D eigenvalue weighted by Crippen LogP contribution is -2.05. The van der Waals surface area contributed by atoms with Crippen LogP contribution >= 0.6 is 0 Å². The van der Waals surface area contributed by atoms with Gasteiger partial charge in [-0.15, -0.1) is 0 Å². The van der Waals surface area contributed by atoms with Crippen molar-refractivity contribution in [3.05, 3.63) is 66.0 Å². The first kappa shape index (κ1) is 12.8. The van der Waals surface area contributed by atoms with Crippen molar-refractivity contribution in [2.24, 2.45) is 0 Å². The second kappa shape index (κ2) is 5.82. The molecule has 0 saturated carbocycles. The van der Waals surface area contributed by atoms with E-state index in [-0.39, 0.29) is 11.4 Å². The fraction of sp³-hybridized carbons (Fsp3) is 0.0667. The number of ether oxygens (including phenoxy) is 1. The van der Waals surface area contributed by atoms with Crippen molar-refractivity contribution >= 4 is 12.0 Å². The van der Waals surface area contributed by atoms with E-state index in [0.717, 1.165) is 11.1 Å². The summed E-state index contributed by atoms with van der Waals surface area (Å²) in [7, 11) is 0. The quantitative estimate of drug-likeness (QED) is 0.892. The largest absolute Gasteiger partial charge is 0.486 e. The molecule has 0 spiro atoms. The SMILES string of the molecule is C=Cc1ccc(COc2cccnc2C(=O)O)cc1. The van der Waals surface area contributed by atoms with Crippen LogP contribution in [0.4, 0.5) is 0 Å². The highest BCUT2D eigenvalue weighted by Crippen LogP contribution is 2.17. The minimum absolute atomic E-state index is 0.0785. The van der Waals surface area contributed by atoms with E-state index in [2.05, 4.69) is 11.6 Å². The summed E-state index contributed by atoms with van der Waals surface area (Å²) in [6.45, 7) is 3.98. The fourth-order valence-corrected chi connectivity index (χ4v) is 1.58. The van der Waals surface area contributed by atoms with Crippen molar-refractivity contribution in [3.63, 3.8) is 0 Å². The number of pyridine rings is 1. The molecule has 1 heterocycles. The molecule has 0 amide bonds. The number of carboxylic acids is 1. The Balaban J connectivity index is 2.09. The van der Waals surface area contributed by atoms with Gasteiger partial charge in [0.25, 0.3) is 0 Å². The van der Waals surface area contributed by atoms with E-state index in [1.807, 2.05) is 24.3 Å². The number of hydrogen-bond acceptors (Lipinski definition) is 3. The van der Waals surface area contributed by atoms with Gasteiger partial charge in [-0.1, -0.05) is 36.9 Å². The predicted octanol–water partition coefficient (Wildman–Crippen LogP) is 3.00. The molecule has 1 aromatic carbocycles. The molecule has 2 aromatic rings. The van der Waals surface area contributed by atoms with E-state index < -0.39 is 5.97 Å². The number of carboxylic acid groups (broad SMARTS) is 1. The Morgan fingerprint density at radius 1 is 1.32 bits per heavy atom. The van der Waals surface area contributed by atoms with Crippen molar-refractivity contribution in [3.8, 4) is 5.75 Å². The second-order valence-corrected chi connectivity index (χ2v) is 3.89. The van der Waals surface area contributed by atoms with Gasteiger partial charge in [-0.3, -0.25) is 0 Å². The maximum Gasteiger partial charge on any atom is 0.358 e. The van der Waals surface area contributed by atoms with Gasteiger partial charge in [0.15, 0.2) is 11.4 Å². The van der Waals surface area contributed by atoms with Crippen molar-refractivity contribution in [2.75, 3.05) is 0 Å². The molecule has 4 heteroatoms. The zero-order chi connectivity index (χ0) is 13.7. The first-order chi connectivity index (χ1) is 9.20. The number of hydrogen-bond donors (Lipinski definition) is 1. The predicted molar refractivity (Wildman–Crippen MR) is 72.1 cm³/mol. The molecule has 2 rings (SSSR count). The Labute approximate surface area is 111 Å². The topological polar surface area (TPSA) is 59.4 Å². The van der Waals surface area contributed by atoms with Gasteiger partial charge in [-0.05, 0) is 23.3 Å². The van der Waals surface area contributed by atoms with Crippen LogP contribution < -0.4 is 4.74 Å². The van der Waals surface area contributed by atoms with Crippen molar-refractivity contribution in [1.29, 1.82) is 0 Å². The Morgan fingerprint density at radius 2 is 2.05 bits per heavy atom. The summed E-state index contributed by atoms with van der Waals surface area (Å²) in [5.74, 6) is -0.833.